The topological polar surface area (TPSA) is 127 Å². The summed E-state index contributed by atoms with van der Waals surface area (Å²) in [5, 5.41) is 19.9. The zero-order valence-electron chi connectivity index (χ0n) is 18.5. The van der Waals surface area contributed by atoms with Crippen LogP contribution in [0.1, 0.15) is 55.3 Å². The Labute approximate surface area is 195 Å². The van der Waals surface area contributed by atoms with E-state index in [1.54, 1.807) is 38.1 Å². The number of hydrogen-bond acceptors (Lipinski definition) is 6. The van der Waals surface area contributed by atoms with Crippen molar-refractivity contribution in [3.05, 3.63) is 82.9 Å². The van der Waals surface area contributed by atoms with Gasteiger partial charge in [-0.3, -0.25) is 0 Å². The van der Waals surface area contributed by atoms with Crippen molar-refractivity contribution in [2.45, 2.75) is 13.8 Å². The third kappa shape index (κ3) is 4.66. The summed E-state index contributed by atoms with van der Waals surface area (Å²) >= 11 is 0. The fourth-order valence-electron chi connectivity index (χ4n) is 3.69. The van der Waals surface area contributed by atoms with E-state index in [1.807, 2.05) is 0 Å². The molecule has 8 heteroatoms. The van der Waals surface area contributed by atoms with Gasteiger partial charge in [-0.25, -0.2) is 19.2 Å². The highest BCUT2D eigenvalue weighted by Crippen LogP contribution is 2.41. The molecule has 34 heavy (non-hydrogen) atoms. The molecule has 0 bridgehead atoms. The second-order valence-corrected chi connectivity index (χ2v) is 7.05. The lowest BCUT2D eigenvalue weighted by Gasteiger charge is -2.20. The summed E-state index contributed by atoms with van der Waals surface area (Å²) in [6.07, 6.45) is 0. The molecule has 0 fully saturated rings. The third-order valence-corrected chi connectivity index (χ3v) is 5.05. The van der Waals surface area contributed by atoms with E-state index in [-0.39, 0.29) is 57.7 Å². The Morgan fingerprint density at radius 2 is 0.941 bits per heavy atom. The zero-order valence-corrected chi connectivity index (χ0v) is 18.5. The summed E-state index contributed by atoms with van der Waals surface area (Å²) in [5.41, 5.74) is -0.0786. The van der Waals surface area contributed by atoms with E-state index in [0.29, 0.717) is 0 Å². The molecule has 0 spiro atoms. The molecule has 0 aromatic heterocycles. The van der Waals surface area contributed by atoms with E-state index in [2.05, 4.69) is 0 Å². The number of carboxylic acids is 2. The monoisotopic (exact) mass is 462 g/mol. The van der Waals surface area contributed by atoms with Crippen LogP contribution in [-0.2, 0) is 9.47 Å². The van der Waals surface area contributed by atoms with Crippen LogP contribution in [0.25, 0.3) is 22.3 Å². The second-order valence-electron chi connectivity index (χ2n) is 7.05. The molecular formula is C26H22O8. The van der Waals surface area contributed by atoms with Crippen molar-refractivity contribution >= 4 is 23.9 Å². The summed E-state index contributed by atoms with van der Waals surface area (Å²) in [5.74, 6) is -4.06. The highest BCUT2D eigenvalue weighted by Gasteiger charge is 2.28. The first-order chi connectivity index (χ1) is 16.3. The Balaban J connectivity index is 2.51. The first kappa shape index (κ1) is 24.2. The summed E-state index contributed by atoms with van der Waals surface area (Å²) in [7, 11) is 0. The van der Waals surface area contributed by atoms with Crippen LogP contribution in [0.5, 0.6) is 0 Å². The van der Waals surface area contributed by atoms with Crippen LogP contribution in [0.2, 0.25) is 0 Å². The number of benzene rings is 3. The summed E-state index contributed by atoms with van der Waals surface area (Å²) in [4.78, 5) is 49.8. The normalized spacial score (nSPS) is 10.4. The van der Waals surface area contributed by atoms with Gasteiger partial charge in [0.05, 0.1) is 35.5 Å². The van der Waals surface area contributed by atoms with Gasteiger partial charge in [0.2, 0.25) is 0 Å². The molecule has 2 N–H and O–H groups in total. The summed E-state index contributed by atoms with van der Waals surface area (Å²) in [6.45, 7) is 3.45. The number of aromatic carboxylic acids is 2. The average molecular weight is 462 g/mol. The molecule has 0 amide bonds. The molecule has 3 aromatic rings. The standard InChI is InChI=1S/C26H22O8/c1-3-33-25(31)17-11-7-5-9-15(17)21-19(23(27)28)13-14-20(24(29)30)22(21)16-10-6-8-12-18(16)26(32)34-4-2/h5-14H,3-4H2,1-2H3,(H,27,28)(H,29,30). The summed E-state index contributed by atoms with van der Waals surface area (Å²) in [6, 6.07) is 14.6. The minimum absolute atomic E-state index is 0.0206. The van der Waals surface area contributed by atoms with Crippen molar-refractivity contribution in [2.75, 3.05) is 13.2 Å². The Morgan fingerprint density at radius 3 is 1.26 bits per heavy atom. The van der Waals surface area contributed by atoms with E-state index < -0.39 is 23.9 Å². The SMILES string of the molecule is CCOC(=O)c1ccccc1-c1c(C(=O)O)ccc(C(=O)O)c1-c1ccccc1C(=O)OCC. The van der Waals surface area contributed by atoms with Crippen LogP contribution in [-0.4, -0.2) is 47.3 Å². The maximum absolute atomic E-state index is 12.7. The van der Waals surface area contributed by atoms with Gasteiger partial charge in [-0.1, -0.05) is 36.4 Å². The minimum atomic E-state index is -1.33. The fourth-order valence-corrected chi connectivity index (χ4v) is 3.69. The van der Waals surface area contributed by atoms with E-state index in [0.717, 1.165) is 0 Å². The number of carbonyl (C=O) groups excluding carboxylic acids is 2. The average Bonchev–Trinajstić information content (AvgIpc) is 2.83. The molecule has 8 nitrogen and oxygen atoms in total. The molecule has 0 saturated heterocycles. The van der Waals surface area contributed by atoms with Gasteiger partial charge in [-0.05, 0) is 49.2 Å². The molecule has 174 valence electrons. The largest absolute Gasteiger partial charge is 0.478 e. The number of carbonyl (C=O) groups is 4. The third-order valence-electron chi connectivity index (χ3n) is 5.05. The van der Waals surface area contributed by atoms with Crippen LogP contribution in [0.3, 0.4) is 0 Å². The van der Waals surface area contributed by atoms with E-state index in [1.165, 1.54) is 36.4 Å². The number of rotatable bonds is 8. The van der Waals surface area contributed by atoms with E-state index >= 15 is 0 Å². The molecular weight excluding hydrogens is 440 g/mol. The Morgan fingerprint density at radius 1 is 0.588 bits per heavy atom. The molecule has 3 rings (SSSR count). The number of hydrogen-bond donors (Lipinski definition) is 2. The van der Waals surface area contributed by atoms with Crippen LogP contribution in [0.15, 0.2) is 60.7 Å². The Bertz CT molecular complexity index is 1180. The Hall–Kier alpha value is -4.46. The number of ether oxygens (including phenoxy) is 2. The minimum Gasteiger partial charge on any atom is -0.478 e. The van der Waals surface area contributed by atoms with E-state index in [9.17, 15) is 29.4 Å². The molecule has 0 saturated carbocycles. The van der Waals surface area contributed by atoms with Gasteiger partial charge in [-0.15, -0.1) is 0 Å². The molecule has 0 heterocycles. The molecule has 3 aromatic carbocycles. The lowest BCUT2D eigenvalue weighted by Crippen LogP contribution is -2.13. The van der Waals surface area contributed by atoms with Crippen LogP contribution in [0.4, 0.5) is 0 Å². The fraction of sp³-hybridized carbons (Fsp3) is 0.154. The molecule has 0 aliphatic heterocycles. The molecule has 0 radical (unpaired) electrons. The lowest BCUT2D eigenvalue weighted by atomic mass is 9.83. The predicted octanol–water partition coefficient (Wildman–Crippen LogP) is 4.77. The molecule has 0 atom stereocenters. The number of carboxylic acid groups (broad SMARTS) is 2. The first-order valence-electron chi connectivity index (χ1n) is 10.5. The number of esters is 2. The van der Waals surface area contributed by atoms with E-state index in [4.69, 9.17) is 9.47 Å². The summed E-state index contributed by atoms with van der Waals surface area (Å²) < 4.78 is 10.3. The lowest BCUT2D eigenvalue weighted by molar-refractivity contribution is 0.0517. The van der Waals surface area contributed by atoms with Gasteiger partial charge in [-0.2, -0.15) is 0 Å². The maximum atomic E-state index is 12.7. The van der Waals surface area contributed by atoms with Crippen molar-refractivity contribution < 1.29 is 38.9 Å². The van der Waals surface area contributed by atoms with Gasteiger partial charge in [0.1, 0.15) is 0 Å². The molecule has 0 unspecified atom stereocenters. The predicted molar refractivity (Wildman–Crippen MR) is 123 cm³/mol. The van der Waals surface area contributed by atoms with Crippen LogP contribution in [0, 0.1) is 0 Å². The molecule has 0 aliphatic rings. The smallest absolute Gasteiger partial charge is 0.338 e. The molecule has 0 aliphatic carbocycles. The van der Waals surface area contributed by atoms with Crippen molar-refractivity contribution in [3.8, 4) is 22.3 Å². The highest BCUT2D eigenvalue weighted by molar-refractivity contribution is 6.13. The quantitative estimate of drug-likeness (QED) is 0.458. The maximum Gasteiger partial charge on any atom is 0.338 e. The van der Waals surface area contributed by atoms with Gasteiger partial charge in [0.25, 0.3) is 0 Å². The highest BCUT2D eigenvalue weighted by atomic mass is 16.5. The van der Waals surface area contributed by atoms with Crippen molar-refractivity contribution in [2.24, 2.45) is 0 Å². The van der Waals surface area contributed by atoms with Crippen LogP contribution < -0.4 is 0 Å². The van der Waals surface area contributed by atoms with Gasteiger partial charge in [0.15, 0.2) is 0 Å². The van der Waals surface area contributed by atoms with Crippen molar-refractivity contribution in [3.63, 3.8) is 0 Å². The second kappa shape index (κ2) is 10.4. The van der Waals surface area contributed by atoms with Crippen LogP contribution >= 0.6 is 0 Å². The first-order valence-corrected chi connectivity index (χ1v) is 10.5. The van der Waals surface area contributed by atoms with Gasteiger partial charge >= 0.3 is 23.9 Å². The van der Waals surface area contributed by atoms with Gasteiger partial charge < -0.3 is 19.7 Å². The zero-order chi connectivity index (χ0) is 24.8. The van der Waals surface area contributed by atoms with Gasteiger partial charge in [0, 0.05) is 11.1 Å². The van der Waals surface area contributed by atoms with Crippen molar-refractivity contribution in [1.29, 1.82) is 0 Å². The van der Waals surface area contributed by atoms with Crippen molar-refractivity contribution in [1.82, 2.24) is 0 Å². The Kier molecular flexibility index (Phi) is 7.43.